The van der Waals surface area contributed by atoms with Gasteiger partial charge in [0.05, 0.1) is 16.3 Å². The number of non-ortho nitro benzene ring substituents is 1. The monoisotopic (exact) mass is 334 g/mol. The Hall–Kier alpha value is -3.15. The van der Waals surface area contributed by atoms with Crippen LogP contribution >= 0.6 is 0 Å². The minimum Gasteiger partial charge on any atom is -0.369 e. The molecule has 1 aliphatic rings. The first kappa shape index (κ1) is 15.4. The van der Waals surface area contributed by atoms with Crippen molar-refractivity contribution >= 4 is 11.5 Å². The molecule has 0 atom stereocenters. The number of nitrogens with zero attached hydrogens (tertiary/aromatic N) is 3. The SMILES string of the molecule is Cc1ccc(-c2nn(-c3cc([N+](=O)[O-])ccc3C)c3c2CCN3)cc1. The zero-order chi connectivity index (χ0) is 17.6. The molecule has 0 bridgehead atoms. The highest BCUT2D eigenvalue weighted by atomic mass is 16.6. The number of fused-ring (bicyclic) bond motifs is 1. The Bertz CT molecular complexity index is 974. The summed E-state index contributed by atoms with van der Waals surface area (Å²) < 4.78 is 1.81. The number of aromatic nitrogens is 2. The fourth-order valence-electron chi connectivity index (χ4n) is 3.23. The molecule has 2 aromatic carbocycles. The Balaban J connectivity index is 1.90. The molecular formula is C19H18N4O2. The van der Waals surface area contributed by atoms with Crippen molar-refractivity contribution in [3.05, 3.63) is 69.3 Å². The largest absolute Gasteiger partial charge is 0.369 e. The highest BCUT2D eigenvalue weighted by Crippen LogP contribution is 2.36. The van der Waals surface area contributed by atoms with Crippen LogP contribution in [-0.4, -0.2) is 21.2 Å². The smallest absolute Gasteiger partial charge is 0.271 e. The predicted molar refractivity (Wildman–Crippen MR) is 97.3 cm³/mol. The second-order valence-electron chi connectivity index (χ2n) is 6.36. The van der Waals surface area contributed by atoms with Crippen LogP contribution in [0, 0.1) is 24.0 Å². The molecule has 0 aliphatic carbocycles. The zero-order valence-electron chi connectivity index (χ0n) is 14.1. The van der Waals surface area contributed by atoms with Gasteiger partial charge in [0.2, 0.25) is 0 Å². The summed E-state index contributed by atoms with van der Waals surface area (Å²) in [5.41, 5.74) is 6.11. The maximum atomic E-state index is 11.1. The van der Waals surface area contributed by atoms with Crippen molar-refractivity contribution in [3.8, 4) is 16.9 Å². The minimum absolute atomic E-state index is 0.0692. The van der Waals surface area contributed by atoms with Crippen LogP contribution in [0.5, 0.6) is 0 Å². The highest BCUT2D eigenvalue weighted by molar-refractivity contribution is 5.73. The van der Waals surface area contributed by atoms with E-state index < -0.39 is 0 Å². The molecule has 3 aromatic rings. The number of hydrogen-bond donors (Lipinski definition) is 1. The summed E-state index contributed by atoms with van der Waals surface area (Å²) in [7, 11) is 0. The van der Waals surface area contributed by atoms with Gasteiger partial charge in [-0.15, -0.1) is 0 Å². The lowest BCUT2D eigenvalue weighted by Gasteiger charge is -2.09. The first-order chi connectivity index (χ1) is 12.0. The Morgan fingerprint density at radius 3 is 2.64 bits per heavy atom. The Morgan fingerprint density at radius 2 is 1.92 bits per heavy atom. The molecule has 1 N–H and O–H groups in total. The van der Waals surface area contributed by atoms with Crippen molar-refractivity contribution in [2.24, 2.45) is 0 Å². The standard InChI is InChI=1S/C19H18N4O2/c1-12-3-6-14(7-4-12)18-16-9-10-20-19(16)22(21-18)17-11-15(23(24)25)8-5-13(17)2/h3-8,11,20H,9-10H2,1-2H3. The van der Waals surface area contributed by atoms with Crippen LogP contribution in [0.25, 0.3) is 16.9 Å². The number of nitro benzene ring substituents is 1. The van der Waals surface area contributed by atoms with Crippen molar-refractivity contribution in [2.45, 2.75) is 20.3 Å². The number of hydrogen-bond acceptors (Lipinski definition) is 4. The van der Waals surface area contributed by atoms with Crippen molar-refractivity contribution in [1.29, 1.82) is 0 Å². The fraction of sp³-hybridized carbons (Fsp3) is 0.211. The van der Waals surface area contributed by atoms with E-state index in [-0.39, 0.29) is 10.6 Å². The third kappa shape index (κ3) is 2.55. The van der Waals surface area contributed by atoms with Crippen molar-refractivity contribution in [3.63, 3.8) is 0 Å². The van der Waals surface area contributed by atoms with Crippen LogP contribution < -0.4 is 5.32 Å². The number of nitro groups is 1. The van der Waals surface area contributed by atoms with Crippen molar-refractivity contribution in [1.82, 2.24) is 9.78 Å². The molecule has 1 aromatic heterocycles. The molecule has 0 saturated carbocycles. The van der Waals surface area contributed by atoms with Crippen molar-refractivity contribution in [2.75, 3.05) is 11.9 Å². The summed E-state index contributed by atoms with van der Waals surface area (Å²) in [5.74, 6) is 0.930. The maximum absolute atomic E-state index is 11.1. The van der Waals surface area contributed by atoms with E-state index in [1.165, 1.54) is 11.6 Å². The predicted octanol–water partition coefficient (Wildman–Crippen LogP) is 4.03. The molecule has 0 amide bonds. The van der Waals surface area contributed by atoms with Gasteiger partial charge in [-0.05, 0) is 25.8 Å². The van der Waals surface area contributed by atoms with Gasteiger partial charge in [0.1, 0.15) is 5.82 Å². The number of benzene rings is 2. The van der Waals surface area contributed by atoms with E-state index >= 15 is 0 Å². The lowest BCUT2D eigenvalue weighted by Crippen LogP contribution is -2.06. The van der Waals surface area contributed by atoms with Gasteiger partial charge in [-0.25, -0.2) is 4.68 Å². The first-order valence-corrected chi connectivity index (χ1v) is 8.23. The lowest BCUT2D eigenvalue weighted by atomic mass is 10.1. The zero-order valence-corrected chi connectivity index (χ0v) is 14.1. The van der Waals surface area contributed by atoms with Gasteiger partial charge in [-0.2, -0.15) is 5.10 Å². The number of anilines is 1. The maximum Gasteiger partial charge on any atom is 0.271 e. The van der Waals surface area contributed by atoms with E-state index in [9.17, 15) is 10.1 Å². The van der Waals surface area contributed by atoms with E-state index in [0.29, 0.717) is 0 Å². The first-order valence-electron chi connectivity index (χ1n) is 8.23. The van der Waals surface area contributed by atoms with Crippen LogP contribution in [0.1, 0.15) is 16.7 Å². The minimum atomic E-state index is -0.374. The van der Waals surface area contributed by atoms with Gasteiger partial charge in [-0.1, -0.05) is 35.9 Å². The van der Waals surface area contributed by atoms with Crippen LogP contribution in [0.15, 0.2) is 42.5 Å². The van der Waals surface area contributed by atoms with E-state index in [2.05, 4.69) is 36.5 Å². The van der Waals surface area contributed by atoms with Crippen LogP contribution in [0.3, 0.4) is 0 Å². The Labute approximate surface area is 145 Å². The fourth-order valence-corrected chi connectivity index (χ4v) is 3.23. The van der Waals surface area contributed by atoms with E-state index in [0.717, 1.165) is 46.9 Å². The third-order valence-corrected chi connectivity index (χ3v) is 4.61. The summed E-state index contributed by atoms with van der Waals surface area (Å²) in [6.07, 6.45) is 0.895. The molecule has 0 radical (unpaired) electrons. The molecule has 6 nitrogen and oxygen atoms in total. The molecular weight excluding hydrogens is 316 g/mol. The third-order valence-electron chi connectivity index (χ3n) is 4.61. The van der Waals surface area contributed by atoms with Gasteiger partial charge >= 0.3 is 0 Å². The van der Waals surface area contributed by atoms with E-state index in [1.807, 2.05) is 6.92 Å². The molecule has 126 valence electrons. The average molecular weight is 334 g/mol. The average Bonchev–Trinajstić information content (AvgIpc) is 3.19. The Morgan fingerprint density at radius 1 is 1.16 bits per heavy atom. The molecule has 0 fully saturated rings. The van der Waals surface area contributed by atoms with Gasteiger partial charge in [0.15, 0.2) is 0 Å². The number of rotatable bonds is 3. The summed E-state index contributed by atoms with van der Waals surface area (Å²) in [6, 6.07) is 13.2. The molecule has 4 rings (SSSR count). The molecule has 1 aliphatic heterocycles. The molecule has 0 unspecified atom stereocenters. The molecule has 2 heterocycles. The van der Waals surface area contributed by atoms with Gasteiger partial charge in [0, 0.05) is 29.8 Å². The summed E-state index contributed by atoms with van der Waals surface area (Å²) in [5, 5.41) is 19.3. The van der Waals surface area contributed by atoms with Gasteiger partial charge < -0.3 is 5.32 Å². The quantitative estimate of drug-likeness (QED) is 0.580. The summed E-state index contributed by atoms with van der Waals surface area (Å²) in [6.45, 7) is 4.84. The highest BCUT2D eigenvalue weighted by Gasteiger charge is 2.25. The van der Waals surface area contributed by atoms with Crippen LogP contribution in [-0.2, 0) is 6.42 Å². The van der Waals surface area contributed by atoms with Gasteiger partial charge in [-0.3, -0.25) is 10.1 Å². The van der Waals surface area contributed by atoms with Crippen LogP contribution in [0.4, 0.5) is 11.5 Å². The topological polar surface area (TPSA) is 73.0 Å². The molecule has 6 heteroatoms. The second kappa shape index (κ2) is 5.73. The van der Waals surface area contributed by atoms with E-state index in [1.54, 1.807) is 16.8 Å². The summed E-state index contributed by atoms with van der Waals surface area (Å²) in [4.78, 5) is 10.8. The molecule has 0 saturated heterocycles. The normalized spacial score (nSPS) is 12.7. The van der Waals surface area contributed by atoms with Gasteiger partial charge in [0.25, 0.3) is 5.69 Å². The number of nitrogens with one attached hydrogen (secondary N) is 1. The molecule has 25 heavy (non-hydrogen) atoms. The van der Waals surface area contributed by atoms with Crippen LogP contribution in [0.2, 0.25) is 0 Å². The van der Waals surface area contributed by atoms with E-state index in [4.69, 9.17) is 5.10 Å². The lowest BCUT2D eigenvalue weighted by molar-refractivity contribution is -0.384. The molecule has 0 spiro atoms. The van der Waals surface area contributed by atoms with Crippen molar-refractivity contribution < 1.29 is 4.92 Å². The Kier molecular flexibility index (Phi) is 3.53. The summed E-state index contributed by atoms with van der Waals surface area (Å²) >= 11 is 0. The number of aryl methyl sites for hydroxylation is 2. The second-order valence-corrected chi connectivity index (χ2v) is 6.36.